The van der Waals surface area contributed by atoms with Gasteiger partial charge in [-0.15, -0.1) is 12.4 Å². The lowest BCUT2D eigenvalue weighted by atomic mass is 10.1. The second-order valence-electron chi connectivity index (χ2n) is 4.40. The van der Waals surface area contributed by atoms with Crippen LogP contribution in [-0.2, 0) is 6.18 Å². The summed E-state index contributed by atoms with van der Waals surface area (Å²) in [5.74, 6) is -1.83. The highest BCUT2D eigenvalue weighted by Gasteiger charge is 2.31. The van der Waals surface area contributed by atoms with Gasteiger partial charge >= 0.3 is 6.18 Å². The molecule has 0 saturated carbocycles. The van der Waals surface area contributed by atoms with Gasteiger partial charge in [-0.1, -0.05) is 6.92 Å². The monoisotopic (exact) mass is 328 g/mol. The fraction of sp³-hybridized carbons (Fsp3) is 0.462. The first-order chi connectivity index (χ1) is 9.24. The zero-order valence-electron chi connectivity index (χ0n) is 11.6. The van der Waals surface area contributed by atoms with Crippen LogP contribution >= 0.6 is 12.4 Å². The number of hydrogen-bond donors (Lipinski definition) is 2. The van der Waals surface area contributed by atoms with Gasteiger partial charge in [0.25, 0.3) is 5.91 Å². The van der Waals surface area contributed by atoms with Crippen molar-refractivity contribution in [3.8, 4) is 0 Å². The quantitative estimate of drug-likeness (QED) is 0.816. The standard InChI is InChI=1S/C13H16F4N2O.ClH/c1-3-18-8(2)7-19-12(20)9-4-10(13(15,16)17)6-11(14)5-9;/h4-6,8,18H,3,7H2,1-2H3,(H,19,20);1H/t8-;/m1./s1. The van der Waals surface area contributed by atoms with Gasteiger partial charge in [0.05, 0.1) is 5.56 Å². The lowest BCUT2D eigenvalue weighted by Gasteiger charge is -2.14. The summed E-state index contributed by atoms with van der Waals surface area (Å²) in [6.07, 6.45) is -4.69. The van der Waals surface area contributed by atoms with Crippen molar-refractivity contribution in [1.29, 1.82) is 0 Å². The minimum absolute atomic E-state index is 0. The fourth-order valence-electron chi connectivity index (χ4n) is 1.65. The highest BCUT2D eigenvalue weighted by molar-refractivity contribution is 5.94. The summed E-state index contributed by atoms with van der Waals surface area (Å²) in [5, 5.41) is 5.48. The smallest absolute Gasteiger partial charge is 0.350 e. The van der Waals surface area contributed by atoms with E-state index in [-0.39, 0.29) is 30.6 Å². The Morgan fingerprint density at radius 1 is 1.29 bits per heavy atom. The molecule has 3 nitrogen and oxygen atoms in total. The van der Waals surface area contributed by atoms with Crippen LogP contribution in [-0.4, -0.2) is 25.0 Å². The minimum Gasteiger partial charge on any atom is -0.350 e. The second kappa shape index (κ2) is 8.19. The van der Waals surface area contributed by atoms with E-state index in [0.717, 1.165) is 6.07 Å². The molecule has 0 aromatic heterocycles. The van der Waals surface area contributed by atoms with Crippen LogP contribution in [0, 0.1) is 5.82 Å². The van der Waals surface area contributed by atoms with Crippen LogP contribution in [0.15, 0.2) is 18.2 Å². The number of carbonyl (C=O) groups is 1. The van der Waals surface area contributed by atoms with Crippen LogP contribution in [0.1, 0.15) is 29.8 Å². The molecule has 1 amide bonds. The largest absolute Gasteiger partial charge is 0.416 e. The van der Waals surface area contributed by atoms with Crippen molar-refractivity contribution < 1.29 is 22.4 Å². The Morgan fingerprint density at radius 2 is 1.90 bits per heavy atom. The van der Waals surface area contributed by atoms with Crippen molar-refractivity contribution in [2.75, 3.05) is 13.1 Å². The SMILES string of the molecule is CCN[C@H](C)CNC(=O)c1cc(F)cc(C(F)(F)F)c1.Cl. The highest BCUT2D eigenvalue weighted by atomic mass is 35.5. The molecule has 0 aliphatic rings. The number of benzene rings is 1. The van der Waals surface area contributed by atoms with Crippen molar-refractivity contribution in [3.05, 3.63) is 35.1 Å². The molecule has 1 aromatic rings. The molecular formula is C13H17ClF4N2O. The van der Waals surface area contributed by atoms with Gasteiger partial charge in [0.2, 0.25) is 0 Å². The molecule has 8 heteroatoms. The molecule has 1 aromatic carbocycles. The molecule has 0 saturated heterocycles. The molecule has 1 atom stereocenters. The minimum atomic E-state index is -4.69. The summed E-state index contributed by atoms with van der Waals surface area (Å²) in [5.41, 5.74) is -1.52. The van der Waals surface area contributed by atoms with E-state index in [4.69, 9.17) is 0 Å². The second-order valence-corrected chi connectivity index (χ2v) is 4.40. The molecule has 0 bridgehead atoms. The van der Waals surface area contributed by atoms with E-state index in [1.54, 1.807) is 0 Å². The van der Waals surface area contributed by atoms with Crippen molar-refractivity contribution in [2.45, 2.75) is 26.1 Å². The molecule has 0 heterocycles. The van der Waals surface area contributed by atoms with E-state index < -0.39 is 23.5 Å². The Hall–Kier alpha value is -1.34. The van der Waals surface area contributed by atoms with Gasteiger partial charge in [-0.2, -0.15) is 13.2 Å². The van der Waals surface area contributed by atoms with Gasteiger partial charge in [-0.3, -0.25) is 4.79 Å². The van der Waals surface area contributed by atoms with Crippen LogP contribution in [0.5, 0.6) is 0 Å². The summed E-state index contributed by atoms with van der Waals surface area (Å²) < 4.78 is 50.7. The molecule has 1 rings (SSSR count). The van der Waals surface area contributed by atoms with Crippen molar-refractivity contribution in [3.63, 3.8) is 0 Å². The third-order valence-corrected chi connectivity index (χ3v) is 2.61. The van der Waals surface area contributed by atoms with E-state index in [0.29, 0.717) is 18.7 Å². The molecule has 0 radical (unpaired) electrons. The van der Waals surface area contributed by atoms with Gasteiger partial charge in [-0.05, 0) is 31.7 Å². The summed E-state index contributed by atoms with van der Waals surface area (Å²) in [6, 6.07) is 1.75. The Bertz CT molecular complexity index is 480. The number of alkyl halides is 3. The van der Waals surface area contributed by atoms with E-state index in [1.165, 1.54) is 0 Å². The molecule has 0 fully saturated rings. The average Bonchev–Trinajstić information content (AvgIpc) is 2.34. The fourth-order valence-corrected chi connectivity index (χ4v) is 1.65. The Morgan fingerprint density at radius 3 is 2.43 bits per heavy atom. The van der Waals surface area contributed by atoms with Crippen LogP contribution in [0.2, 0.25) is 0 Å². The molecule has 2 N–H and O–H groups in total. The predicted octanol–water partition coefficient (Wildman–Crippen LogP) is 2.99. The summed E-state index contributed by atoms with van der Waals surface area (Å²) >= 11 is 0. The molecule has 21 heavy (non-hydrogen) atoms. The first kappa shape index (κ1) is 19.7. The molecular weight excluding hydrogens is 312 g/mol. The normalized spacial score (nSPS) is 12.5. The third kappa shape index (κ3) is 6.31. The van der Waals surface area contributed by atoms with Gasteiger partial charge in [0.15, 0.2) is 0 Å². The van der Waals surface area contributed by atoms with Crippen molar-refractivity contribution in [2.24, 2.45) is 0 Å². The summed E-state index contributed by atoms with van der Waals surface area (Å²) in [6.45, 7) is 4.65. The topological polar surface area (TPSA) is 41.1 Å². The first-order valence-corrected chi connectivity index (χ1v) is 6.13. The van der Waals surface area contributed by atoms with Gasteiger partial charge in [0, 0.05) is 18.2 Å². The first-order valence-electron chi connectivity index (χ1n) is 6.13. The molecule has 0 aliphatic carbocycles. The van der Waals surface area contributed by atoms with Crippen LogP contribution < -0.4 is 10.6 Å². The van der Waals surface area contributed by atoms with Gasteiger partial charge < -0.3 is 10.6 Å². The number of rotatable bonds is 5. The maximum atomic E-state index is 13.1. The number of amides is 1. The highest BCUT2D eigenvalue weighted by Crippen LogP contribution is 2.30. The lowest BCUT2D eigenvalue weighted by molar-refractivity contribution is -0.137. The van der Waals surface area contributed by atoms with Crippen LogP contribution in [0.25, 0.3) is 0 Å². The van der Waals surface area contributed by atoms with E-state index in [9.17, 15) is 22.4 Å². The Kier molecular flexibility index (Phi) is 7.67. The Balaban J connectivity index is 0.00000400. The zero-order chi connectivity index (χ0) is 15.3. The molecule has 120 valence electrons. The van der Waals surface area contributed by atoms with Crippen molar-refractivity contribution in [1.82, 2.24) is 10.6 Å². The molecule has 0 unspecified atom stereocenters. The Labute approximate surface area is 126 Å². The number of halogens is 5. The summed E-state index contributed by atoms with van der Waals surface area (Å²) in [4.78, 5) is 11.7. The summed E-state index contributed by atoms with van der Waals surface area (Å²) in [7, 11) is 0. The lowest BCUT2D eigenvalue weighted by Crippen LogP contribution is -2.38. The van der Waals surface area contributed by atoms with Crippen molar-refractivity contribution >= 4 is 18.3 Å². The third-order valence-electron chi connectivity index (χ3n) is 2.61. The van der Waals surface area contributed by atoms with Gasteiger partial charge in [-0.25, -0.2) is 4.39 Å². The zero-order valence-corrected chi connectivity index (χ0v) is 12.4. The number of carbonyl (C=O) groups excluding carboxylic acids is 1. The molecule has 0 aliphatic heterocycles. The van der Waals surface area contributed by atoms with E-state index in [1.807, 2.05) is 13.8 Å². The number of likely N-dealkylation sites (N-methyl/N-ethyl adjacent to an activating group) is 1. The number of hydrogen-bond acceptors (Lipinski definition) is 2. The predicted molar refractivity (Wildman–Crippen MR) is 74.1 cm³/mol. The molecule has 0 spiro atoms. The average molecular weight is 329 g/mol. The number of nitrogens with one attached hydrogen (secondary N) is 2. The maximum absolute atomic E-state index is 13.1. The van der Waals surface area contributed by atoms with Crippen LogP contribution in [0.4, 0.5) is 17.6 Å². The maximum Gasteiger partial charge on any atom is 0.416 e. The van der Waals surface area contributed by atoms with Gasteiger partial charge in [0.1, 0.15) is 5.82 Å². The van der Waals surface area contributed by atoms with E-state index in [2.05, 4.69) is 10.6 Å². The van der Waals surface area contributed by atoms with E-state index >= 15 is 0 Å². The van der Waals surface area contributed by atoms with Crippen LogP contribution in [0.3, 0.4) is 0 Å².